The van der Waals surface area contributed by atoms with Crippen molar-refractivity contribution in [1.29, 1.82) is 0 Å². The lowest BCUT2D eigenvalue weighted by atomic mass is 9.96. The molecule has 1 aliphatic rings. The van der Waals surface area contributed by atoms with Crippen LogP contribution in [0.15, 0.2) is 55.2 Å². The minimum Gasteiger partial charge on any atom is -0.388 e. The third-order valence-corrected chi connectivity index (χ3v) is 4.20. The fourth-order valence-corrected chi connectivity index (χ4v) is 3.15. The summed E-state index contributed by atoms with van der Waals surface area (Å²) in [7, 11) is 0. The number of aliphatic hydroxyl groups excluding tert-OH is 1. The lowest BCUT2D eigenvalue weighted by Crippen LogP contribution is -2.11. The van der Waals surface area contributed by atoms with Crippen molar-refractivity contribution in [2.45, 2.75) is 18.6 Å². The van der Waals surface area contributed by atoms with E-state index in [1.54, 1.807) is 43.1 Å². The molecule has 1 aliphatic heterocycles. The highest BCUT2D eigenvalue weighted by atomic mass is 19.1. The third-order valence-electron chi connectivity index (χ3n) is 4.20. The first-order valence-corrected chi connectivity index (χ1v) is 7.14. The Hall–Kier alpha value is -2.53. The maximum absolute atomic E-state index is 13.9. The number of benzene rings is 1. The van der Waals surface area contributed by atoms with Crippen LogP contribution < -0.4 is 0 Å². The van der Waals surface area contributed by atoms with E-state index in [1.807, 2.05) is 10.6 Å². The van der Waals surface area contributed by atoms with Crippen molar-refractivity contribution < 1.29 is 9.50 Å². The molecule has 4 nitrogen and oxygen atoms in total. The quantitative estimate of drug-likeness (QED) is 0.807. The summed E-state index contributed by atoms with van der Waals surface area (Å²) in [6.07, 6.45) is 6.59. The molecule has 110 valence electrons. The van der Waals surface area contributed by atoms with Crippen LogP contribution in [-0.2, 0) is 0 Å². The Bertz CT molecular complexity index is 830. The van der Waals surface area contributed by atoms with Gasteiger partial charge in [-0.25, -0.2) is 9.37 Å². The van der Waals surface area contributed by atoms with E-state index in [4.69, 9.17) is 0 Å². The number of fused-ring (bicyclic) bond motifs is 3. The van der Waals surface area contributed by atoms with Gasteiger partial charge in [0.25, 0.3) is 0 Å². The van der Waals surface area contributed by atoms with E-state index >= 15 is 0 Å². The summed E-state index contributed by atoms with van der Waals surface area (Å²) in [6, 6.07) is 8.23. The highest BCUT2D eigenvalue weighted by molar-refractivity contribution is 5.67. The summed E-state index contributed by atoms with van der Waals surface area (Å²) >= 11 is 0. The van der Waals surface area contributed by atoms with Gasteiger partial charge in [-0.2, -0.15) is 0 Å². The molecule has 0 saturated heterocycles. The standard InChI is InChI=1S/C17H14FN3O/c18-14-4-2-1-3-12(14)17(22)7-15-11-5-6-19-8-13(11)16-9-20-10-21(15)16/h1-6,8-10,15,17,22H,7H2. The minimum atomic E-state index is -0.874. The molecule has 0 spiro atoms. The van der Waals surface area contributed by atoms with Gasteiger partial charge in [-0.3, -0.25) is 4.98 Å². The van der Waals surface area contributed by atoms with E-state index in [2.05, 4.69) is 9.97 Å². The van der Waals surface area contributed by atoms with Crippen LogP contribution in [0.3, 0.4) is 0 Å². The number of nitrogens with zero attached hydrogens (tertiary/aromatic N) is 3. The second kappa shape index (κ2) is 5.03. The monoisotopic (exact) mass is 295 g/mol. The van der Waals surface area contributed by atoms with Gasteiger partial charge < -0.3 is 9.67 Å². The molecule has 5 heteroatoms. The van der Waals surface area contributed by atoms with Gasteiger partial charge in [0, 0.05) is 29.9 Å². The summed E-state index contributed by atoms with van der Waals surface area (Å²) in [5, 5.41) is 10.5. The van der Waals surface area contributed by atoms with Crippen molar-refractivity contribution in [3.05, 3.63) is 72.2 Å². The second-order valence-electron chi connectivity index (χ2n) is 5.44. The molecule has 3 aromatic rings. The Balaban J connectivity index is 1.71. The lowest BCUT2D eigenvalue weighted by Gasteiger charge is -2.19. The molecule has 2 aromatic heterocycles. The SMILES string of the molecule is OC(CC1c2ccncc2-c2cncn21)c1ccccc1F. The topological polar surface area (TPSA) is 50.9 Å². The number of rotatable bonds is 3. The first-order valence-electron chi connectivity index (χ1n) is 7.14. The molecule has 0 fully saturated rings. The zero-order valence-corrected chi connectivity index (χ0v) is 11.7. The van der Waals surface area contributed by atoms with Gasteiger partial charge >= 0.3 is 0 Å². The number of aromatic nitrogens is 3. The van der Waals surface area contributed by atoms with Crippen LogP contribution in [0.4, 0.5) is 4.39 Å². The molecule has 22 heavy (non-hydrogen) atoms. The molecule has 2 atom stereocenters. The first-order chi connectivity index (χ1) is 10.8. The predicted octanol–water partition coefficient (Wildman–Crippen LogP) is 3.11. The molecule has 1 N–H and O–H groups in total. The molecule has 0 radical (unpaired) electrons. The second-order valence-corrected chi connectivity index (χ2v) is 5.44. The van der Waals surface area contributed by atoms with Crippen molar-refractivity contribution in [1.82, 2.24) is 14.5 Å². The Kier molecular flexibility index (Phi) is 3.01. The van der Waals surface area contributed by atoms with Crippen LogP contribution in [0.5, 0.6) is 0 Å². The van der Waals surface area contributed by atoms with E-state index in [0.29, 0.717) is 12.0 Å². The maximum Gasteiger partial charge on any atom is 0.129 e. The van der Waals surface area contributed by atoms with Gasteiger partial charge in [-0.15, -0.1) is 0 Å². The molecule has 0 amide bonds. The van der Waals surface area contributed by atoms with Crippen molar-refractivity contribution in [2.75, 3.05) is 0 Å². The first kappa shape index (κ1) is 13.2. The predicted molar refractivity (Wildman–Crippen MR) is 79.6 cm³/mol. The Labute approximate surface area is 126 Å². The summed E-state index contributed by atoms with van der Waals surface area (Å²) in [4.78, 5) is 8.33. The van der Waals surface area contributed by atoms with Gasteiger partial charge in [-0.1, -0.05) is 18.2 Å². The summed E-state index contributed by atoms with van der Waals surface area (Å²) in [6.45, 7) is 0. The molecular formula is C17H14FN3O. The van der Waals surface area contributed by atoms with E-state index < -0.39 is 6.10 Å². The molecule has 4 rings (SSSR count). The summed E-state index contributed by atoms with van der Waals surface area (Å²) in [5.41, 5.74) is 3.41. The fourth-order valence-electron chi connectivity index (χ4n) is 3.15. The van der Waals surface area contributed by atoms with Crippen LogP contribution in [0.25, 0.3) is 11.3 Å². The minimum absolute atomic E-state index is 0.0647. The maximum atomic E-state index is 13.9. The van der Waals surface area contributed by atoms with Crippen LogP contribution in [0, 0.1) is 5.82 Å². The number of halogens is 1. The van der Waals surface area contributed by atoms with Crippen LogP contribution >= 0.6 is 0 Å². The van der Waals surface area contributed by atoms with Gasteiger partial charge in [0.05, 0.1) is 30.4 Å². The Morgan fingerprint density at radius 2 is 2.05 bits per heavy atom. The van der Waals surface area contributed by atoms with Gasteiger partial charge in [0.15, 0.2) is 0 Å². The van der Waals surface area contributed by atoms with E-state index in [1.165, 1.54) is 6.07 Å². The van der Waals surface area contributed by atoms with Crippen molar-refractivity contribution in [3.8, 4) is 11.3 Å². The van der Waals surface area contributed by atoms with Gasteiger partial charge in [-0.05, 0) is 17.7 Å². The zero-order chi connectivity index (χ0) is 15.1. The fraction of sp³-hybridized carbons (Fsp3) is 0.176. The van der Waals surface area contributed by atoms with Gasteiger partial charge in [0.1, 0.15) is 5.82 Å². The van der Waals surface area contributed by atoms with Crippen molar-refractivity contribution in [3.63, 3.8) is 0 Å². The number of hydrogen-bond donors (Lipinski definition) is 1. The highest BCUT2D eigenvalue weighted by Crippen LogP contribution is 2.42. The molecule has 3 heterocycles. The average Bonchev–Trinajstić information content (AvgIpc) is 3.11. The van der Waals surface area contributed by atoms with Crippen molar-refractivity contribution >= 4 is 0 Å². The number of hydrogen-bond acceptors (Lipinski definition) is 3. The zero-order valence-electron chi connectivity index (χ0n) is 11.7. The van der Waals surface area contributed by atoms with Crippen LogP contribution in [-0.4, -0.2) is 19.6 Å². The molecule has 0 aliphatic carbocycles. The lowest BCUT2D eigenvalue weighted by molar-refractivity contribution is 0.149. The highest BCUT2D eigenvalue weighted by Gasteiger charge is 2.30. The van der Waals surface area contributed by atoms with Crippen molar-refractivity contribution in [2.24, 2.45) is 0 Å². The average molecular weight is 295 g/mol. The van der Waals surface area contributed by atoms with Gasteiger partial charge in [0.2, 0.25) is 0 Å². The van der Waals surface area contributed by atoms with E-state index in [0.717, 1.165) is 16.8 Å². The van der Waals surface area contributed by atoms with E-state index in [-0.39, 0.29) is 11.9 Å². The Morgan fingerprint density at radius 3 is 2.91 bits per heavy atom. The molecule has 0 saturated carbocycles. The third kappa shape index (κ3) is 1.94. The largest absolute Gasteiger partial charge is 0.388 e. The molecule has 0 bridgehead atoms. The molecular weight excluding hydrogens is 281 g/mol. The number of pyridine rings is 1. The summed E-state index contributed by atoms with van der Waals surface area (Å²) in [5.74, 6) is -0.381. The van der Waals surface area contributed by atoms with E-state index in [9.17, 15) is 9.50 Å². The normalized spacial score (nSPS) is 17.1. The number of imidazole rings is 1. The molecule has 2 unspecified atom stereocenters. The molecule has 1 aromatic carbocycles. The van der Waals surface area contributed by atoms with Crippen LogP contribution in [0.2, 0.25) is 0 Å². The Morgan fingerprint density at radius 1 is 1.18 bits per heavy atom. The smallest absolute Gasteiger partial charge is 0.129 e. The van der Waals surface area contributed by atoms with Crippen LogP contribution in [0.1, 0.15) is 29.7 Å². The summed E-state index contributed by atoms with van der Waals surface area (Å²) < 4.78 is 15.9. The number of aliphatic hydroxyl groups is 1.